The second-order valence-corrected chi connectivity index (χ2v) is 12.7. The van der Waals surface area contributed by atoms with Crippen LogP contribution in [0.4, 0.5) is 0 Å². The maximum absolute atomic E-state index is 13.2. The van der Waals surface area contributed by atoms with Crippen LogP contribution in [0, 0.1) is 0 Å². The summed E-state index contributed by atoms with van der Waals surface area (Å²) in [6.07, 6.45) is 2.79. The molecule has 1 heterocycles. The van der Waals surface area contributed by atoms with Crippen molar-refractivity contribution in [1.82, 2.24) is 4.57 Å². The van der Waals surface area contributed by atoms with Crippen molar-refractivity contribution in [1.29, 1.82) is 0 Å². The highest BCUT2D eigenvalue weighted by Crippen LogP contribution is 2.58. The minimum atomic E-state index is -1.99. The van der Waals surface area contributed by atoms with E-state index in [2.05, 4.69) is 109 Å². The summed E-state index contributed by atoms with van der Waals surface area (Å²) in [5.41, 5.74) is 2.88. The SMILES string of the molecule is O=C(c1ccccc1)n1ccc2cc(C[P+](c3ccccc3)(c3ccccc3)c3ccccc3)ccc21.[Br-]. The van der Waals surface area contributed by atoms with Gasteiger partial charge in [0.1, 0.15) is 23.2 Å². The molecule has 0 N–H and O–H groups in total. The van der Waals surface area contributed by atoms with E-state index in [1.807, 2.05) is 42.6 Å². The highest BCUT2D eigenvalue weighted by molar-refractivity contribution is 7.95. The molecule has 5 aromatic carbocycles. The smallest absolute Gasteiger partial charge is 0.262 e. The summed E-state index contributed by atoms with van der Waals surface area (Å²) in [7, 11) is -1.99. The Balaban J connectivity index is 0.00000294. The van der Waals surface area contributed by atoms with Crippen LogP contribution in [-0.2, 0) is 6.16 Å². The van der Waals surface area contributed by atoms with Gasteiger partial charge < -0.3 is 17.0 Å². The Hall–Kier alpha value is -3.78. The van der Waals surface area contributed by atoms with E-state index in [9.17, 15) is 4.79 Å². The van der Waals surface area contributed by atoms with Gasteiger partial charge >= 0.3 is 0 Å². The molecular weight excluding hydrogens is 549 g/mol. The van der Waals surface area contributed by atoms with Crippen molar-refractivity contribution in [2.24, 2.45) is 0 Å². The number of fused-ring (bicyclic) bond motifs is 1. The minimum absolute atomic E-state index is 0. The van der Waals surface area contributed by atoms with E-state index in [0.717, 1.165) is 17.1 Å². The molecule has 0 aliphatic heterocycles. The first-order valence-corrected chi connectivity index (χ1v) is 14.5. The van der Waals surface area contributed by atoms with Crippen molar-refractivity contribution in [3.05, 3.63) is 163 Å². The van der Waals surface area contributed by atoms with Gasteiger partial charge in [-0.3, -0.25) is 9.36 Å². The van der Waals surface area contributed by atoms with Gasteiger partial charge in [0, 0.05) is 17.1 Å². The third-order valence-corrected chi connectivity index (χ3v) is 11.4. The van der Waals surface area contributed by atoms with Gasteiger partial charge in [-0.25, -0.2) is 0 Å². The third kappa shape index (κ3) is 4.76. The standard InChI is InChI=1S/C34H27NOP.BrH/c36-34(28-13-5-1-6-14-28)35-24-23-29-25-27(21-22-33(29)35)26-37(30-15-7-2-8-16-30,31-17-9-3-10-18-31)32-19-11-4-12-20-32;/h1-25H,26H2;1H/q+1;/p-1. The number of carbonyl (C=O) groups excluding carboxylic acids is 1. The molecule has 0 unspecified atom stereocenters. The summed E-state index contributed by atoms with van der Waals surface area (Å²) in [6, 6.07) is 50.9. The lowest BCUT2D eigenvalue weighted by Crippen LogP contribution is -3.00. The first-order chi connectivity index (χ1) is 18.3. The van der Waals surface area contributed by atoms with Gasteiger partial charge in [-0.15, -0.1) is 0 Å². The Labute approximate surface area is 234 Å². The highest BCUT2D eigenvalue weighted by atomic mass is 79.9. The first kappa shape index (κ1) is 25.9. The highest BCUT2D eigenvalue weighted by Gasteiger charge is 2.45. The van der Waals surface area contributed by atoms with Crippen LogP contribution in [0.15, 0.2) is 152 Å². The number of halogens is 1. The molecular formula is C34H27BrNOP. The summed E-state index contributed by atoms with van der Waals surface area (Å²) in [4.78, 5) is 13.2. The average Bonchev–Trinajstić information content (AvgIpc) is 3.40. The van der Waals surface area contributed by atoms with Gasteiger partial charge in [0.15, 0.2) is 0 Å². The Morgan fingerprint density at radius 1 is 0.579 bits per heavy atom. The lowest BCUT2D eigenvalue weighted by molar-refractivity contribution is -0.0000152. The van der Waals surface area contributed by atoms with Crippen LogP contribution < -0.4 is 32.9 Å². The lowest BCUT2D eigenvalue weighted by atomic mass is 10.2. The van der Waals surface area contributed by atoms with Gasteiger partial charge in [0.25, 0.3) is 5.91 Å². The van der Waals surface area contributed by atoms with Gasteiger partial charge in [0.05, 0.1) is 11.7 Å². The Morgan fingerprint density at radius 2 is 1.05 bits per heavy atom. The molecule has 0 bridgehead atoms. The number of carbonyl (C=O) groups is 1. The summed E-state index contributed by atoms with van der Waals surface area (Å²) >= 11 is 0. The summed E-state index contributed by atoms with van der Waals surface area (Å²) in [5, 5.41) is 5.17. The Morgan fingerprint density at radius 3 is 1.55 bits per heavy atom. The van der Waals surface area contributed by atoms with Crippen molar-refractivity contribution in [3.63, 3.8) is 0 Å². The molecule has 0 spiro atoms. The largest absolute Gasteiger partial charge is 1.00 e. The molecule has 0 aliphatic rings. The molecule has 4 heteroatoms. The molecule has 0 aliphatic carbocycles. The molecule has 0 fully saturated rings. The van der Waals surface area contributed by atoms with Crippen molar-refractivity contribution < 1.29 is 21.8 Å². The van der Waals surface area contributed by atoms with Crippen molar-refractivity contribution in [2.75, 3.05) is 0 Å². The Kier molecular flexibility index (Phi) is 7.69. The second kappa shape index (κ2) is 11.3. The number of nitrogens with zero attached hydrogens (tertiary/aromatic N) is 1. The number of rotatable bonds is 6. The summed E-state index contributed by atoms with van der Waals surface area (Å²) < 4.78 is 1.75. The zero-order chi connectivity index (χ0) is 25.1. The van der Waals surface area contributed by atoms with E-state index in [1.54, 1.807) is 4.57 Å². The van der Waals surface area contributed by atoms with Crippen LogP contribution in [0.25, 0.3) is 10.9 Å². The van der Waals surface area contributed by atoms with Gasteiger partial charge in [-0.2, -0.15) is 0 Å². The second-order valence-electron chi connectivity index (χ2n) is 9.22. The van der Waals surface area contributed by atoms with Crippen LogP contribution >= 0.6 is 7.26 Å². The van der Waals surface area contributed by atoms with E-state index in [-0.39, 0.29) is 22.9 Å². The molecule has 38 heavy (non-hydrogen) atoms. The van der Waals surface area contributed by atoms with Crippen molar-refractivity contribution in [3.8, 4) is 0 Å². The minimum Gasteiger partial charge on any atom is -1.00 e. The van der Waals surface area contributed by atoms with E-state index in [0.29, 0.717) is 5.56 Å². The summed E-state index contributed by atoms with van der Waals surface area (Å²) in [5.74, 6) is -0.0111. The number of benzene rings is 5. The topological polar surface area (TPSA) is 22.0 Å². The zero-order valence-corrected chi connectivity index (χ0v) is 23.3. The van der Waals surface area contributed by atoms with E-state index in [1.165, 1.54) is 21.5 Å². The lowest BCUT2D eigenvalue weighted by Gasteiger charge is -2.28. The normalized spacial score (nSPS) is 11.2. The quantitative estimate of drug-likeness (QED) is 0.277. The fourth-order valence-electron chi connectivity index (χ4n) is 5.23. The first-order valence-electron chi connectivity index (χ1n) is 12.5. The van der Waals surface area contributed by atoms with Crippen LogP contribution in [0.3, 0.4) is 0 Å². The van der Waals surface area contributed by atoms with Gasteiger partial charge in [-0.05, 0) is 72.3 Å². The van der Waals surface area contributed by atoms with E-state index < -0.39 is 7.26 Å². The van der Waals surface area contributed by atoms with Crippen LogP contribution in [0.2, 0.25) is 0 Å². The predicted molar refractivity (Wildman–Crippen MR) is 157 cm³/mol. The van der Waals surface area contributed by atoms with E-state index >= 15 is 0 Å². The molecule has 1 aromatic heterocycles. The van der Waals surface area contributed by atoms with E-state index in [4.69, 9.17) is 0 Å². The number of hydrogen-bond acceptors (Lipinski definition) is 1. The van der Waals surface area contributed by atoms with Crippen LogP contribution in [0.1, 0.15) is 15.9 Å². The average molecular weight is 576 g/mol. The molecule has 0 saturated carbocycles. The van der Waals surface area contributed by atoms with Crippen molar-refractivity contribution in [2.45, 2.75) is 6.16 Å². The fraction of sp³-hybridized carbons (Fsp3) is 0.0294. The maximum Gasteiger partial charge on any atom is 0.262 e. The van der Waals surface area contributed by atoms with Gasteiger partial charge in [0.2, 0.25) is 0 Å². The molecule has 0 saturated heterocycles. The molecule has 0 radical (unpaired) electrons. The van der Waals surface area contributed by atoms with Crippen LogP contribution in [0.5, 0.6) is 0 Å². The molecule has 2 nitrogen and oxygen atoms in total. The summed E-state index contributed by atoms with van der Waals surface area (Å²) in [6.45, 7) is 0. The maximum atomic E-state index is 13.2. The monoisotopic (exact) mass is 575 g/mol. The Bertz CT molecular complexity index is 1550. The molecule has 0 amide bonds. The molecule has 186 valence electrons. The third-order valence-electron chi connectivity index (χ3n) is 7.00. The number of aromatic nitrogens is 1. The van der Waals surface area contributed by atoms with Gasteiger partial charge in [-0.1, -0.05) is 78.9 Å². The predicted octanol–water partition coefficient (Wildman–Crippen LogP) is 3.83. The fourth-order valence-corrected chi connectivity index (χ4v) is 9.46. The van der Waals surface area contributed by atoms with Crippen LogP contribution in [-0.4, -0.2) is 10.5 Å². The molecule has 0 atom stereocenters. The molecule has 6 aromatic rings. The zero-order valence-electron chi connectivity index (χ0n) is 20.8. The number of hydrogen-bond donors (Lipinski definition) is 0. The van der Waals surface area contributed by atoms with Crippen molar-refractivity contribution >= 4 is 40.0 Å². The molecule has 6 rings (SSSR count).